The van der Waals surface area contributed by atoms with Crippen molar-refractivity contribution in [2.75, 3.05) is 13.1 Å². The lowest BCUT2D eigenvalue weighted by atomic mass is 10.1. The number of nitrogens with one attached hydrogen (secondary N) is 1. The van der Waals surface area contributed by atoms with E-state index < -0.39 is 0 Å². The molecule has 1 N–H and O–H groups in total. The average Bonchev–Trinajstić information content (AvgIpc) is 3.15. The predicted molar refractivity (Wildman–Crippen MR) is 89.1 cm³/mol. The van der Waals surface area contributed by atoms with Crippen molar-refractivity contribution in [1.29, 1.82) is 0 Å². The molecular weight excluding hydrogens is 326 g/mol. The number of aryl methyl sites for hydroxylation is 1. The van der Waals surface area contributed by atoms with Gasteiger partial charge < -0.3 is 10.2 Å². The summed E-state index contributed by atoms with van der Waals surface area (Å²) < 4.78 is 0. The average molecular weight is 345 g/mol. The van der Waals surface area contributed by atoms with Gasteiger partial charge >= 0.3 is 0 Å². The highest BCUT2D eigenvalue weighted by molar-refractivity contribution is 7.11. The lowest BCUT2D eigenvalue weighted by Crippen LogP contribution is -2.34. The van der Waals surface area contributed by atoms with Gasteiger partial charge in [-0.2, -0.15) is 0 Å². The van der Waals surface area contributed by atoms with Crippen molar-refractivity contribution in [3.05, 3.63) is 40.1 Å². The minimum atomic E-state index is -0.294. The molecule has 7 nitrogen and oxygen atoms in total. The highest BCUT2D eigenvalue weighted by Crippen LogP contribution is 2.19. The van der Waals surface area contributed by atoms with Crippen molar-refractivity contribution in [2.24, 2.45) is 5.92 Å². The predicted octanol–water partition coefficient (Wildman–Crippen LogP) is 0.949. The number of nitrogens with zero attached hydrogens (tertiary/aromatic N) is 4. The maximum atomic E-state index is 12.2. The van der Waals surface area contributed by atoms with Crippen LogP contribution in [0.15, 0.2) is 24.4 Å². The number of pyridine rings is 1. The molecule has 126 valence electrons. The summed E-state index contributed by atoms with van der Waals surface area (Å²) in [7, 11) is 0. The van der Waals surface area contributed by atoms with Crippen molar-refractivity contribution in [2.45, 2.75) is 26.3 Å². The number of carbonyl (C=O) groups excluding carboxylic acids is 2. The van der Waals surface area contributed by atoms with Crippen LogP contribution < -0.4 is 5.32 Å². The molecule has 1 aliphatic rings. The van der Waals surface area contributed by atoms with Gasteiger partial charge in [0, 0.05) is 32.1 Å². The zero-order valence-electron chi connectivity index (χ0n) is 13.4. The summed E-state index contributed by atoms with van der Waals surface area (Å²) in [6, 6.07) is 5.61. The van der Waals surface area contributed by atoms with E-state index in [0.717, 1.165) is 15.7 Å². The van der Waals surface area contributed by atoms with Crippen molar-refractivity contribution in [3.8, 4) is 0 Å². The maximum Gasteiger partial charge on any atom is 0.225 e. The fraction of sp³-hybridized carbons (Fsp3) is 0.438. The maximum absolute atomic E-state index is 12.2. The van der Waals surface area contributed by atoms with Crippen LogP contribution in [-0.4, -0.2) is 45.0 Å². The third kappa shape index (κ3) is 4.14. The highest BCUT2D eigenvalue weighted by Gasteiger charge is 2.34. The zero-order chi connectivity index (χ0) is 16.9. The second-order valence-electron chi connectivity index (χ2n) is 5.75. The van der Waals surface area contributed by atoms with E-state index >= 15 is 0 Å². The first-order valence-corrected chi connectivity index (χ1v) is 8.68. The Morgan fingerprint density at radius 3 is 3.00 bits per heavy atom. The van der Waals surface area contributed by atoms with Gasteiger partial charge in [0.2, 0.25) is 11.8 Å². The van der Waals surface area contributed by atoms with Crippen LogP contribution in [-0.2, 0) is 22.6 Å². The minimum absolute atomic E-state index is 0.000510. The second-order valence-corrected chi connectivity index (χ2v) is 7.02. The number of carbonyl (C=O) groups is 2. The zero-order valence-corrected chi connectivity index (χ0v) is 14.3. The Hall–Kier alpha value is -2.35. The van der Waals surface area contributed by atoms with Crippen LogP contribution in [0.2, 0.25) is 0 Å². The topological polar surface area (TPSA) is 88.1 Å². The molecule has 0 bridgehead atoms. The number of hydrogen-bond acceptors (Lipinski definition) is 6. The fourth-order valence-electron chi connectivity index (χ4n) is 2.66. The van der Waals surface area contributed by atoms with Crippen molar-refractivity contribution < 1.29 is 9.59 Å². The van der Waals surface area contributed by atoms with E-state index in [1.807, 2.05) is 25.1 Å². The molecule has 2 aromatic heterocycles. The van der Waals surface area contributed by atoms with Gasteiger partial charge in [0.25, 0.3) is 0 Å². The quantitative estimate of drug-likeness (QED) is 0.842. The Morgan fingerprint density at radius 2 is 2.29 bits per heavy atom. The summed E-state index contributed by atoms with van der Waals surface area (Å²) in [5.74, 6) is -0.369. The molecule has 0 aliphatic carbocycles. The molecule has 2 aromatic rings. The Kier molecular flexibility index (Phi) is 5.14. The van der Waals surface area contributed by atoms with Gasteiger partial charge in [-0.3, -0.25) is 14.6 Å². The summed E-state index contributed by atoms with van der Waals surface area (Å²) >= 11 is 1.53. The van der Waals surface area contributed by atoms with Crippen molar-refractivity contribution in [3.63, 3.8) is 0 Å². The summed E-state index contributed by atoms with van der Waals surface area (Å²) in [6.07, 6.45) is 2.63. The summed E-state index contributed by atoms with van der Waals surface area (Å²) in [4.78, 5) is 30.3. The third-order valence-corrected chi connectivity index (χ3v) is 4.77. The summed E-state index contributed by atoms with van der Waals surface area (Å²) in [6.45, 7) is 3.31. The van der Waals surface area contributed by atoms with E-state index in [2.05, 4.69) is 20.5 Å². The van der Waals surface area contributed by atoms with Gasteiger partial charge in [-0.15, -0.1) is 21.5 Å². The van der Waals surface area contributed by atoms with Gasteiger partial charge in [-0.25, -0.2) is 0 Å². The molecule has 3 rings (SSSR count). The molecule has 0 aromatic carbocycles. The van der Waals surface area contributed by atoms with Crippen LogP contribution in [0.25, 0.3) is 0 Å². The van der Waals surface area contributed by atoms with E-state index in [1.54, 1.807) is 11.1 Å². The largest absolute Gasteiger partial charge is 0.355 e. The highest BCUT2D eigenvalue weighted by atomic mass is 32.1. The third-order valence-electron chi connectivity index (χ3n) is 3.87. The first-order chi connectivity index (χ1) is 11.6. The first kappa shape index (κ1) is 16.5. The van der Waals surface area contributed by atoms with E-state index in [0.29, 0.717) is 26.1 Å². The molecule has 1 aliphatic heterocycles. The van der Waals surface area contributed by atoms with Crippen molar-refractivity contribution >= 4 is 23.2 Å². The Labute approximate surface area is 144 Å². The van der Waals surface area contributed by atoms with Crippen LogP contribution in [0.3, 0.4) is 0 Å². The van der Waals surface area contributed by atoms with Crippen LogP contribution >= 0.6 is 11.3 Å². The number of hydrogen-bond donors (Lipinski definition) is 1. The molecule has 2 amide bonds. The molecular formula is C16H19N5O2S. The van der Waals surface area contributed by atoms with E-state index in [4.69, 9.17) is 0 Å². The molecule has 1 saturated heterocycles. The molecule has 24 heavy (non-hydrogen) atoms. The first-order valence-electron chi connectivity index (χ1n) is 7.86. The monoisotopic (exact) mass is 345 g/mol. The lowest BCUT2D eigenvalue weighted by Gasteiger charge is -2.16. The SMILES string of the molecule is Cc1nnc(CCNC(=O)[C@@H]2CC(=O)N(Cc3ccccn3)C2)s1. The molecule has 1 fully saturated rings. The standard InChI is InChI=1S/C16H19N5O2S/c1-11-19-20-14(24-11)5-7-18-16(23)12-8-15(22)21(9-12)10-13-4-2-3-6-17-13/h2-4,6,12H,5,7-10H2,1H3,(H,18,23)/t12-/m1/s1. The molecule has 0 radical (unpaired) electrons. The molecule has 8 heteroatoms. The summed E-state index contributed by atoms with van der Waals surface area (Å²) in [5, 5.41) is 12.7. The number of rotatable bonds is 6. The number of aromatic nitrogens is 3. The molecule has 1 atom stereocenters. The normalized spacial score (nSPS) is 17.3. The Bertz CT molecular complexity index is 718. The van der Waals surface area contributed by atoms with E-state index in [-0.39, 0.29) is 24.2 Å². The Morgan fingerprint density at radius 1 is 1.42 bits per heavy atom. The summed E-state index contributed by atoms with van der Waals surface area (Å²) in [5.41, 5.74) is 0.832. The van der Waals surface area contributed by atoms with Gasteiger partial charge in [0.05, 0.1) is 18.2 Å². The lowest BCUT2D eigenvalue weighted by molar-refractivity contribution is -0.129. The van der Waals surface area contributed by atoms with Gasteiger partial charge in [-0.05, 0) is 19.1 Å². The Balaban J connectivity index is 1.47. The van der Waals surface area contributed by atoms with Crippen LogP contribution in [0.1, 0.15) is 22.1 Å². The van der Waals surface area contributed by atoms with E-state index in [9.17, 15) is 9.59 Å². The second kappa shape index (κ2) is 7.48. The van der Waals surface area contributed by atoms with Gasteiger partial charge in [-0.1, -0.05) is 6.07 Å². The number of amides is 2. The minimum Gasteiger partial charge on any atom is -0.355 e. The fourth-order valence-corrected chi connectivity index (χ4v) is 3.37. The smallest absolute Gasteiger partial charge is 0.225 e. The molecule has 0 saturated carbocycles. The van der Waals surface area contributed by atoms with E-state index in [1.165, 1.54) is 11.3 Å². The van der Waals surface area contributed by atoms with Crippen molar-refractivity contribution in [1.82, 2.24) is 25.4 Å². The van der Waals surface area contributed by atoms with Crippen LogP contribution in [0.5, 0.6) is 0 Å². The van der Waals surface area contributed by atoms with Crippen LogP contribution in [0.4, 0.5) is 0 Å². The van der Waals surface area contributed by atoms with Gasteiger partial charge in [0.15, 0.2) is 0 Å². The number of likely N-dealkylation sites (tertiary alicyclic amines) is 1. The van der Waals surface area contributed by atoms with Crippen LogP contribution in [0, 0.1) is 12.8 Å². The molecule has 0 spiro atoms. The molecule has 3 heterocycles. The molecule has 0 unspecified atom stereocenters. The van der Waals surface area contributed by atoms with Gasteiger partial charge in [0.1, 0.15) is 10.0 Å².